The Morgan fingerprint density at radius 3 is 2.71 bits per heavy atom. The molecule has 0 amide bonds. The first kappa shape index (κ1) is 15.3. The number of carboxylic acids is 1. The summed E-state index contributed by atoms with van der Waals surface area (Å²) >= 11 is 6.03. The second-order valence-electron chi connectivity index (χ2n) is 4.85. The molecule has 21 heavy (non-hydrogen) atoms. The highest BCUT2D eigenvalue weighted by Gasteiger charge is 2.13. The summed E-state index contributed by atoms with van der Waals surface area (Å²) in [5.74, 6) is -0.236. The molecule has 0 radical (unpaired) electrons. The molecule has 1 aromatic carbocycles. The third-order valence-electron chi connectivity index (χ3n) is 3.36. The molecule has 1 heterocycles. The molecule has 110 valence electrons. The van der Waals surface area contributed by atoms with Gasteiger partial charge in [-0.3, -0.25) is 0 Å². The molecule has 0 fully saturated rings. The molecule has 0 aliphatic heterocycles. The average molecular weight is 305 g/mol. The van der Waals surface area contributed by atoms with Gasteiger partial charge in [0.25, 0.3) is 0 Å². The molecule has 1 unspecified atom stereocenters. The van der Waals surface area contributed by atoms with Crippen LogP contribution in [0.15, 0.2) is 42.6 Å². The van der Waals surface area contributed by atoms with E-state index >= 15 is 0 Å². The maximum Gasteiger partial charge on any atom is 0.337 e. The Kier molecular flexibility index (Phi) is 5.17. The maximum absolute atomic E-state index is 11.0. The zero-order valence-corrected chi connectivity index (χ0v) is 12.5. The Balaban J connectivity index is 1.95. The van der Waals surface area contributed by atoms with Crippen molar-refractivity contribution < 1.29 is 9.90 Å². The van der Waals surface area contributed by atoms with Crippen LogP contribution < -0.4 is 5.32 Å². The maximum atomic E-state index is 11.0. The highest BCUT2D eigenvalue weighted by Crippen LogP contribution is 2.24. The minimum atomic E-state index is -1.05. The summed E-state index contributed by atoms with van der Waals surface area (Å²) in [5, 5.41) is 12.3. The Morgan fingerprint density at radius 1 is 1.33 bits per heavy atom. The van der Waals surface area contributed by atoms with E-state index in [2.05, 4.69) is 29.4 Å². The lowest BCUT2D eigenvalue weighted by atomic mass is 9.98. The van der Waals surface area contributed by atoms with Crippen LogP contribution in [-0.4, -0.2) is 22.6 Å². The number of aromatic nitrogens is 1. The van der Waals surface area contributed by atoms with Crippen LogP contribution in [0.25, 0.3) is 0 Å². The van der Waals surface area contributed by atoms with Gasteiger partial charge in [-0.25, -0.2) is 9.78 Å². The van der Waals surface area contributed by atoms with Crippen molar-refractivity contribution in [2.75, 3.05) is 11.9 Å². The van der Waals surface area contributed by atoms with Crippen LogP contribution in [0.4, 0.5) is 5.82 Å². The van der Waals surface area contributed by atoms with Gasteiger partial charge >= 0.3 is 5.97 Å². The average Bonchev–Trinajstić information content (AvgIpc) is 2.49. The molecule has 2 N–H and O–H groups in total. The van der Waals surface area contributed by atoms with Crippen molar-refractivity contribution in [2.45, 2.75) is 19.3 Å². The number of anilines is 1. The molecule has 0 bridgehead atoms. The standard InChI is InChI=1S/C16H17ClN2O2/c1-11(12-5-3-2-4-6-12)7-9-18-15-14(17)13(16(20)21)8-10-19-15/h2-6,8,10-11H,7,9H2,1H3,(H,18,19)(H,20,21). The normalized spacial score (nSPS) is 11.9. The number of pyridine rings is 1. The highest BCUT2D eigenvalue weighted by molar-refractivity contribution is 6.35. The lowest BCUT2D eigenvalue weighted by Crippen LogP contribution is -2.09. The first-order valence-corrected chi connectivity index (χ1v) is 7.14. The third-order valence-corrected chi connectivity index (χ3v) is 3.74. The number of carboxylic acid groups (broad SMARTS) is 1. The van der Waals surface area contributed by atoms with Gasteiger partial charge < -0.3 is 10.4 Å². The summed E-state index contributed by atoms with van der Waals surface area (Å²) in [4.78, 5) is 15.1. The van der Waals surface area contributed by atoms with Crippen molar-refractivity contribution in [3.63, 3.8) is 0 Å². The fourth-order valence-corrected chi connectivity index (χ4v) is 2.35. The zero-order valence-electron chi connectivity index (χ0n) is 11.7. The van der Waals surface area contributed by atoms with Gasteiger partial charge in [0.15, 0.2) is 0 Å². The van der Waals surface area contributed by atoms with Gasteiger partial charge in [-0.1, -0.05) is 48.9 Å². The van der Waals surface area contributed by atoms with Gasteiger partial charge in [-0.05, 0) is 24.0 Å². The van der Waals surface area contributed by atoms with E-state index in [1.54, 1.807) is 0 Å². The predicted octanol–water partition coefficient (Wildman–Crippen LogP) is 4.04. The van der Waals surface area contributed by atoms with Crippen molar-refractivity contribution in [3.05, 3.63) is 58.7 Å². The third kappa shape index (κ3) is 3.95. The summed E-state index contributed by atoms with van der Waals surface area (Å²) in [6.07, 6.45) is 2.34. The lowest BCUT2D eigenvalue weighted by molar-refractivity contribution is 0.0697. The predicted molar refractivity (Wildman–Crippen MR) is 84.2 cm³/mol. The number of hydrogen-bond acceptors (Lipinski definition) is 3. The second kappa shape index (κ2) is 7.09. The van der Waals surface area contributed by atoms with E-state index in [1.807, 2.05) is 18.2 Å². The van der Waals surface area contributed by atoms with Crippen molar-refractivity contribution >= 4 is 23.4 Å². The first-order valence-electron chi connectivity index (χ1n) is 6.76. The van der Waals surface area contributed by atoms with E-state index < -0.39 is 5.97 Å². The number of carbonyl (C=O) groups is 1. The number of nitrogens with one attached hydrogen (secondary N) is 1. The van der Waals surface area contributed by atoms with Crippen molar-refractivity contribution in [1.29, 1.82) is 0 Å². The Labute approximate surface area is 128 Å². The molecular weight excluding hydrogens is 288 g/mol. The molecule has 2 rings (SSSR count). The molecule has 1 atom stereocenters. The quantitative estimate of drug-likeness (QED) is 0.845. The summed E-state index contributed by atoms with van der Waals surface area (Å²) in [6.45, 7) is 2.82. The number of halogens is 1. The summed E-state index contributed by atoms with van der Waals surface area (Å²) < 4.78 is 0. The Morgan fingerprint density at radius 2 is 2.05 bits per heavy atom. The van der Waals surface area contributed by atoms with E-state index in [4.69, 9.17) is 16.7 Å². The molecule has 0 aliphatic carbocycles. The monoisotopic (exact) mass is 304 g/mol. The summed E-state index contributed by atoms with van der Waals surface area (Å²) in [7, 11) is 0. The number of rotatable bonds is 6. The van der Waals surface area contributed by atoms with Crippen LogP contribution in [-0.2, 0) is 0 Å². The van der Waals surface area contributed by atoms with Gasteiger partial charge in [0.05, 0.1) is 10.6 Å². The van der Waals surface area contributed by atoms with Crippen molar-refractivity contribution in [2.24, 2.45) is 0 Å². The number of benzene rings is 1. The molecule has 1 aromatic heterocycles. The SMILES string of the molecule is CC(CCNc1nccc(C(=O)O)c1Cl)c1ccccc1. The largest absolute Gasteiger partial charge is 0.478 e. The van der Waals surface area contributed by atoms with E-state index in [1.165, 1.54) is 17.8 Å². The van der Waals surface area contributed by atoms with Gasteiger partial charge in [-0.15, -0.1) is 0 Å². The molecule has 2 aromatic rings. The number of aromatic carboxylic acids is 1. The molecule has 0 spiro atoms. The minimum absolute atomic E-state index is 0.0604. The van der Waals surface area contributed by atoms with Crippen molar-refractivity contribution in [3.8, 4) is 0 Å². The fourth-order valence-electron chi connectivity index (χ4n) is 2.09. The highest BCUT2D eigenvalue weighted by atomic mass is 35.5. The Bertz CT molecular complexity index is 617. The van der Waals surface area contributed by atoms with Crippen molar-refractivity contribution in [1.82, 2.24) is 4.98 Å². The van der Waals surface area contributed by atoms with Gasteiger partial charge in [0.1, 0.15) is 5.82 Å². The van der Waals surface area contributed by atoms with E-state index in [0.717, 1.165) is 6.42 Å². The summed E-state index contributed by atoms with van der Waals surface area (Å²) in [6, 6.07) is 11.6. The topological polar surface area (TPSA) is 62.2 Å². The van der Waals surface area contributed by atoms with E-state index in [9.17, 15) is 4.79 Å². The lowest BCUT2D eigenvalue weighted by Gasteiger charge is -2.13. The molecule has 5 heteroatoms. The van der Waals surface area contributed by atoms with Gasteiger partial charge in [-0.2, -0.15) is 0 Å². The second-order valence-corrected chi connectivity index (χ2v) is 5.23. The number of hydrogen-bond donors (Lipinski definition) is 2. The molecule has 0 saturated carbocycles. The molecular formula is C16H17ClN2O2. The van der Waals surface area contributed by atoms with Gasteiger partial charge in [0.2, 0.25) is 0 Å². The molecule has 0 saturated heterocycles. The zero-order chi connectivity index (χ0) is 15.2. The number of nitrogens with zero attached hydrogens (tertiary/aromatic N) is 1. The molecule has 0 aliphatic rings. The van der Waals surface area contributed by atoms with Crippen LogP contribution in [0.3, 0.4) is 0 Å². The van der Waals surface area contributed by atoms with Crippen LogP contribution in [0, 0.1) is 0 Å². The van der Waals surface area contributed by atoms with Crippen LogP contribution >= 0.6 is 11.6 Å². The smallest absolute Gasteiger partial charge is 0.337 e. The first-order chi connectivity index (χ1) is 10.1. The molecule has 4 nitrogen and oxygen atoms in total. The fraction of sp³-hybridized carbons (Fsp3) is 0.250. The van der Waals surface area contributed by atoms with Crippen LogP contribution in [0.2, 0.25) is 5.02 Å². The van der Waals surface area contributed by atoms with Gasteiger partial charge in [0, 0.05) is 12.7 Å². The summed E-state index contributed by atoms with van der Waals surface area (Å²) in [5.41, 5.74) is 1.34. The van der Waals surface area contributed by atoms with Crippen LogP contribution in [0.1, 0.15) is 35.2 Å². The van der Waals surface area contributed by atoms with E-state index in [-0.39, 0.29) is 10.6 Å². The Hall–Kier alpha value is -2.07. The minimum Gasteiger partial charge on any atom is -0.478 e. The van der Waals surface area contributed by atoms with Crippen LogP contribution in [0.5, 0.6) is 0 Å². The van der Waals surface area contributed by atoms with E-state index in [0.29, 0.717) is 18.3 Å².